The van der Waals surface area contributed by atoms with Gasteiger partial charge in [0.2, 0.25) is 0 Å². The van der Waals surface area contributed by atoms with Crippen molar-refractivity contribution in [3.63, 3.8) is 0 Å². The predicted molar refractivity (Wildman–Crippen MR) is 22.2 cm³/mol. The van der Waals surface area contributed by atoms with E-state index < -0.39 is 7.60 Å². The molecule has 0 spiro atoms. The van der Waals surface area contributed by atoms with Gasteiger partial charge in [0, 0.05) is 5.82 Å². The molecule has 3 nitrogen and oxygen atoms in total. The van der Waals surface area contributed by atoms with Gasteiger partial charge in [-0.15, -0.1) is 0 Å². The van der Waals surface area contributed by atoms with E-state index in [4.69, 9.17) is 9.79 Å². The summed E-state index contributed by atoms with van der Waals surface area (Å²) in [6.45, 7) is 2.87. The lowest BCUT2D eigenvalue weighted by molar-refractivity contribution is 0.386. The van der Waals surface area contributed by atoms with E-state index in [0.717, 1.165) is 0 Å². The second-order valence-electron chi connectivity index (χ2n) is 0.772. The van der Waals surface area contributed by atoms with Crippen LogP contribution in [-0.2, 0) is 4.57 Å². The van der Waals surface area contributed by atoms with Gasteiger partial charge in [0.25, 0.3) is 0 Å². The first-order chi connectivity index (χ1) is 2.56. The fourth-order valence-electron chi connectivity index (χ4n) is 0. The van der Waals surface area contributed by atoms with Gasteiger partial charge in [-0.1, -0.05) is 6.58 Å². The van der Waals surface area contributed by atoms with Crippen molar-refractivity contribution in [1.82, 2.24) is 0 Å². The zero-order valence-corrected chi connectivity index (χ0v) is 3.93. The first kappa shape index (κ1) is 5.89. The van der Waals surface area contributed by atoms with E-state index in [2.05, 4.69) is 6.58 Å². The molecular formula is C2H5O3P. The Labute approximate surface area is 35.5 Å². The van der Waals surface area contributed by atoms with Crippen molar-refractivity contribution in [2.75, 3.05) is 0 Å². The molecule has 0 atom stereocenters. The van der Waals surface area contributed by atoms with Crippen LogP contribution >= 0.6 is 7.60 Å². The Morgan fingerprint density at radius 1 is 1.67 bits per heavy atom. The van der Waals surface area contributed by atoms with Gasteiger partial charge >= 0.3 is 7.60 Å². The maximum absolute atomic E-state index is 9.58. The van der Waals surface area contributed by atoms with Crippen LogP contribution in [0.5, 0.6) is 0 Å². The van der Waals surface area contributed by atoms with E-state index in [-0.39, 0.29) is 0 Å². The van der Waals surface area contributed by atoms with E-state index in [1.807, 2.05) is 0 Å². The Bertz CT molecular complexity index is 91.0. The maximum atomic E-state index is 9.58. The summed E-state index contributed by atoms with van der Waals surface area (Å²) in [4.78, 5) is 15.6. The standard InChI is InChI=1S/C2H5O3P/c1-2-6(3,4)5/h2H,1H2,(H2,3,4,5). The molecular weight excluding hydrogens is 103 g/mol. The summed E-state index contributed by atoms with van der Waals surface area (Å²) in [7, 11) is -3.88. The molecule has 0 aliphatic rings. The summed E-state index contributed by atoms with van der Waals surface area (Å²) in [5, 5.41) is 0. The van der Waals surface area contributed by atoms with Crippen molar-refractivity contribution in [2.45, 2.75) is 0 Å². The molecule has 0 unspecified atom stereocenters. The molecule has 0 aliphatic heterocycles. The molecule has 0 aromatic rings. The summed E-state index contributed by atoms with van der Waals surface area (Å²) in [6, 6.07) is 0. The zero-order valence-electron chi connectivity index (χ0n) is 3.03. The molecule has 0 radical (unpaired) electrons. The molecule has 0 saturated carbocycles. The van der Waals surface area contributed by atoms with Crippen LogP contribution in [0.15, 0.2) is 12.4 Å². The summed E-state index contributed by atoms with van der Waals surface area (Å²) in [6.07, 6.45) is 0. The van der Waals surface area contributed by atoms with Gasteiger partial charge < -0.3 is 9.79 Å². The summed E-state index contributed by atoms with van der Waals surface area (Å²) < 4.78 is 9.58. The molecule has 0 rings (SSSR count). The highest BCUT2D eigenvalue weighted by atomic mass is 31.2. The second kappa shape index (κ2) is 1.56. The minimum absolute atomic E-state index is 0.604. The van der Waals surface area contributed by atoms with Gasteiger partial charge in [-0.3, -0.25) is 4.57 Å². The maximum Gasteiger partial charge on any atom is 0.348 e. The van der Waals surface area contributed by atoms with E-state index >= 15 is 0 Å². The van der Waals surface area contributed by atoms with Crippen molar-refractivity contribution in [2.24, 2.45) is 0 Å². The fourth-order valence-corrected chi connectivity index (χ4v) is 0. The minimum atomic E-state index is -3.88. The summed E-state index contributed by atoms with van der Waals surface area (Å²) in [5.41, 5.74) is 0. The quantitative estimate of drug-likeness (QED) is 0.475. The van der Waals surface area contributed by atoms with Gasteiger partial charge in [-0.2, -0.15) is 0 Å². The smallest absolute Gasteiger partial charge is 0.321 e. The van der Waals surface area contributed by atoms with E-state index in [9.17, 15) is 4.57 Å². The van der Waals surface area contributed by atoms with E-state index in [1.165, 1.54) is 0 Å². The van der Waals surface area contributed by atoms with Crippen LogP contribution in [0.2, 0.25) is 0 Å². The lowest BCUT2D eigenvalue weighted by Crippen LogP contribution is -1.63. The van der Waals surface area contributed by atoms with Gasteiger partial charge in [-0.05, 0) is 0 Å². The molecule has 0 aliphatic carbocycles. The highest BCUT2D eigenvalue weighted by Gasteiger charge is 2.00. The van der Waals surface area contributed by atoms with Crippen LogP contribution in [0.1, 0.15) is 0 Å². The number of hydrogen-bond donors (Lipinski definition) is 2. The number of rotatable bonds is 1. The third-order valence-electron chi connectivity index (χ3n) is 0.238. The van der Waals surface area contributed by atoms with Gasteiger partial charge in [0.05, 0.1) is 0 Å². The van der Waals surface area contributed by atoms with Gasteiger partial charge in [0.1, 0.15) is 0 Å². The Morgan fingerprint density at radius 2 is 1.83 bits per heavy atom. The highest BCUT2D eigenvalue weighted by molar-refractivity contribution is 7.55. The Balaban J connectivity index is 3.81. The average Bonchev–Trinajstić information content (AvgIpc) is 1.35. The van der Waals surface area contributed by atoms with Crippen molar-refractivity contribution < 1.29 is 14.4 Å². The molecule has 0 heterocycles. The van der Waals surface area contributed by atoms with Gasteiger partial charge in [0.15, 0.2) is 0 Å². The second-order valence-corrected chi connectivity index (χ2v) is 2.31. The lowest BCUT2D eigenvalue weighted by atomic mass is 11.3. The average molecular weight is 108 g/mol. The highest BCUT2D eigenvalue weighted by Crippen LogP contribution is 2.34. The summed E-state index contributed by atoms with van der Waals surface area (Å²) >= 11 is 0. The normalized spacial score (nSPS) is 11.0. The molecule has 2 N–H and O–H groups in total. The van der Waals surface area contributed by atoms with Gasteiger partial charge in [-0.25, -0.2) is 0 Å². The molecule has 6 heavy (non-hydrogen) atoms. The molecule has 0 aromatic heterocycles. The first-order valence-electron chi connectivity index (χ1n) is 1.25. The van der Waals surface area contributed by atoms with E-state index in [1.54, 1.807) is 0 Å². The zero-order chi connectivity index (χ0) is 5.21. The molecule has 0 amide bonds. The largest absolute Gasteiger partial charge is 0.348 e. The van der Waals surface area contributed by atoms with Crippen LogP contribution in [0, 0.1) is 0 Å². The summed E-state index contributed by atoms with van der Waals surface area (Å²) in [5.74, 6) is 0.604. The Kier molecular flexibility index (Phi) is 1.53. The fraction of sp³-hybridized carbons (Fsp3) is 0. The Hall–Kier alpha value is -0.110. The molecule has 36 valence electrons. The SMILES string of the molecule is C=CP(=O)(O)O. The molecule has 0 fully saturated rings. The third-order valence-corrected chi connectivity index (χ3v) is 0.714. The van der Waals surface area contributed by atoms with Crippen LogP contribution in [-0.4, -0.2) is 9.79 Å². The molecule has 0 aromatic carbocycles. The third kappa shape index (κ3) is 3.89. The van der Waals surface area contributed by atoms with Crippen molar-refractivity contribution >= 4 is 7.60 Å². The molecule has 4 heteroatoms. The topological polar surface area (TPSA) is 57.5 Å². The van der Waals surface area contributed by atoms with Crippen LogP contribution in [0.4, 0.5) is 0 Å². The van der Waals surface area contributed by atoms with Crippen LogP contribution in [0.3, 0.4) is 0 Å². The minimum Gasteiger partial charge on any atom is -0.321 e. The van der Waals surface area contributed by atoms with Crippen molar-refractivity contribution in [1.29, 1.82) is 0 Å². The lowest BCUT2D eigenvalue weighted by Gasteiger charge is -1.87. The Morgan fingerprint density at radius 3 is 1.83 bits per heavy atom. The van der Waals surface area contributed by atoms with Crippen LogP contribution in [0.25, 0.3) is 0 Å². The van der Waals surface area contributed by atoms with Crippen molar-refractivity contribution in [3.8, 4) is 0 Å². The number of hydrogen-bond acceptors (Lipinski definition) is 1. The van der Waals surface area contributed by atoms with Crippen LogP contribution < -0.4 is 0 Å². The predicted octanol–water partition coefficient (Wildman–Crippen LogP) is 0.308. The van der Waals surface area contributed by atoms with Crippen molar-refractivity contribution in [3.05, 3.63) is 12.4 Å². The molecule has 0 bridgehead atoms. The first-order valence-corrected chi connectivity index (χ1v) is 2.93. The molecule has 0 saturated heterocycles. The monoisotopic (exact) mass is 108 g/mol. The van der Waals surface area contributed by atoms with E-state index in [0.29, 0.717) is 5.82 Å².